The van der Waals surface area contributed by atoms with Crippen molar-refractivity contribution in [2.45, 2.75) is 33.6 Å². The average molecular weight is 359 g/mol. The van der Waals surface area contributed by atoms with Crippen molar-refractivity contribution in [2.24, 2.45) is 0 Å². The Bertz CT molecular complexity index is 781. The molecule has 0 unspecified atom stereocenters. The maximum atomic E-state index is 12.1. The molecule has 7 heteroatoms. The highest BCUT2D eigenvalue weighted by atomic mass is 32.1. The second-order valence-electron chi connectivity index (χ2n) is 5.63. The van der Waals surface area contributed by atoms with E-state index in [1.165, 1.54) is 18.3 Å². The quantitative estimate of drug-likeness (QED) is 0.717. The third-order valence-electron chi connectivity index (χ3n) is 3.52. The van der Waals surface area contributed by atoms with Crippen LogP contribution in [0, 0.1) is 6.92 Å². The van der Waals surface area contributed by atoms with Gasteiger partial charge in [-0.3, -0.25) is 25.2 Å². The first-order chi connectivity index (χ1) is 11.9. The summed E-state index contributed by atoms with van der Waals surface area (Å²) < 4.78 is 0. The Hall–Kier alpha value is -2.67. The molecule has 3 amide bonds. The highest BCUT2D eigenvalue weighted by Gasteiger charge is 2.12. The molecule has 0 aliphatic rings. The lowest BCUT2D eigenvalue weighted by Crippen LogP contribution is -2.42. The van der Waals surface area contributed by atoms with Crippen LogP contribution in [0.2, 0.25) is 0 Å². The van der Waals surface area contributed by atoms with E-state index in [1.807, 2.05) is 19.9 Å². The van der Waals surface area contributed by atoms with Gasteiger partial charge in [0.15, 0.2) is 0 Å². The monoisotopic (exact) mass is 359 g/mol. The zero-order valence-electron chi connectivity index (χ0n) is 14.4. The van der Waals surface area contributed by atoms with Gasteiger partial charge in [-0.1, -0.05) is 19.1 Å². The van der Waals surface area contributed by atoms with Crippen molar-refractivity contribution in [1.29, 1.82) is 0 Å². The van der Waals surface area contributed by atoms with E-state index in [0.29, 0.717) is 10.6 Å². The summed E-state index contributed by atoms with van der Waals surface area (Å²) >= 11 is 1.43. The summed E-state index contributed by atoms with van der Waals surface area (Å²) in [5, 5.41) is 2.66. The number of carbonyl (C=O) groups is 3. The lowest BCUT2D eigenvalue weighted by molar-refractivity contribution is -0.121. The van der Waals surface area contributed by atoms with Gasteiger partial charge >= 0.3 is 0 Å². The highest BCUT2D eigenvalue weighted by Crippen LogP contribution is 2.22. The Morgan fingerprint density at radius 2 is 1.76 bits per heavy atom. The topological polar surface area (TPSA) is 87.3 Å². The standard InChI is InChI=1S/C18H21N3O3S/c1-4-15-11(2)9-16(25-15)18(24)21-20-17(23)10-13-5-7-14(8-6-13)19-12(3)22/h5-9H,4,10H2,1-3H3,(H,19,22)(H,20,23)(H,21,24). The number of benzene rings is 1. The third kappa shape index (κ3) is 5.42. The summed E-state index contributed by atoms with van der Waals surface area (Å²) in [6.07, 6.45) is 1.01. The van der Waals surface area contributed by atoms with Crippen molar-refractivity contribution in [1.82, 2.24) is 10.9 Å². The minimum atomic E-state index is -0.317. The molecule has 2 rings (SSSR count). The first kappa shape index (κ1) is 18.7. The minimum absolute atomic E-state index is 0.129. The summed E-state index contributed by atoms with van der Waals surface area (Å²) in [5.41, 5.74) is 7.39. The Morgan fingerprint density at radius 3 is 2.32 bits per heavy atom. The molecule has 0 aliphatic carbocycles. The van der Waals surface area contributed by atoms with Gasteiger partial charge in [-0.15, -0.1) is 11.3 Å². The largest absolute Gasteiger partial charge is 0.326 e. The van der Waals surface area contributed by atoms with Crippen molar-refractivity contribution in [3.05, 3.63) is 51.2 Å². The van der Waals surface area contributed by atoms with Crippen LogP contribution >= 0.6 is 11.3 Å². The van der Waals surface area contributed by atoms with Gasteiger partial charge in [0.25, 0.3) is 5.91 Å². The number of anilines is 1. The molecule has 0 bridgehead atoms. The van der Waals surface area contributed by atoms with E-state index in [2.05, 4.69) is 16.2 Å². The van der Waals surface area contributed by atoms with Gasteiger partial charge in [-0.2, -0.15) is 0 Å². The molecule has 6 nitrogen and oxygen atoms in total. The van der Waals surface area contributed by atoms with Gasteiger partial charge in [0, 0.05) is 17.5 Å². The number of nitrogens with one attached hydrogen (secondary N) is 3. The molecule has 0 saturated heterocycles. The predicted molar refractivity (Wildman–Crippen MR) is 98.5 cm³/mol. The molecule has 1 aromatic carbocycles. The summed E-state index contributed by atoms with van der Waals surface area (Å²) in [6.45, 7) is 5.44. The molecule has 1 heterocycles. The van der Waals surface area contributed by atoms with Gasteiger partial charge < -0.3 is 5.32 Å². The van der Waals surface area contributed by atoms with Crippen LogP contribution in [0.3, 0.4) is 0 Å². The van der Waals surface area contributed by atoms with E-state index in [1.54, 1.807) is 24.3 Å². The summed E-state index contributed by atoms with van der Waals surface area (Å²) in [7, 11) is 0. The van der Waals surface area contributed by atoms with E-state index in [0.717, 1.165) is 22.4 Å². The zero-order chi connectivity index (χ0) is 18.4. The first-order valence-corrected chi connectivity index (χ1v) is 8.75. The Labute approximate surface area is 150 Å². The van der Waals surface area contributed by atoms with Crippen molar-refractivity contribution in [3.8, 4) is 0 Å². The van der Waals surface area contributed by atoms with Gasteiger partial charge in [0.05, 0.1) is 11.3 Å². The molecular formula is C18H21N3O3S. The third-order valence-corrected chi connectivity index (χ3v) is 4.90. The van der Waals surface area contributed by atoms with E-state index >= 15 is 0 Å². The maximum Gasteiger partial charge on any atom is 0.279 e. The second-order valence-corrected chi connectivity index (χ2v) is 6.76. The summed E-state index contributed by atoms with van der Waals surface area (Å²) in [5.74, 6) is -0.782. The second kappa shape index (κ2) is 8.43. The van der Waals surface area contributed by atoms with Gasteiger partial charge in [0.2, 0.25) is 11.8 Å². The summed E-state index contributed by atoms with van der Waals surface area (Å²) in [4.78, 5) is 36.7. The first-order valence-electron chi connectivity index (χ1n) is 7.94. The van der Waals surface area contributed by atoms with Crippen molar-refractivity contribution < 1.29 is 14.4 Å². The number of aryl methyl sites for hydroxylation is 2. The lowest BCUT2D eigenvalue weighted by Gasteiger charge is -2.07. The van der Waals surface area contributed by atoms with Crippen LogP contribution < -0.4 is 16.2 Å². The van der Waals surface area contributed by atoms with E-state index in [-0.39, 0.29) is 24.1 Å². The number of hydrogen-bond donors (Lipinski definition) is 3. The van der Waals surface area contributed by atoms with Crippen LogP contribution in [0.4, 0.5) is 5.69 Å². The molecular weight excluding hydrogens is 338 g/mol. The number of hydrogen-bond acceptors (Lipinski definition) is 4. The van der Waals surface area contributed by atoms with Crippen molar-refractivity contribution >= 4 is 34.7 Å². The molecule has 1 aromatic heterocycles. The smallest absolute Gasteiger partial charge is 0.279 e. The molecule has 25 heavy (non-hydrogen) atoms. The molecule has 0 saturated carbocycles. The average Bonchev–Trinajstić information content (AvgIpc) is 2.95. The predicted octanol–water partition coefficient (Wildman–Crippen LogP) is 2.58. The summed E-state index contributed by atoms with van der Waals surface area (Å²) in [6, 6.07) is 8.78. The fourth-order valence-corrected chi connectivity index (χ4v) is 3.32. The number of hydrazine groups is 1. The van der Waals surface area contributed by atoms with Crippen molar-refractivity contribution in [2.75, 3.05) is 5.32 Å². The van der Waals surface area contributed by atoms with Gasteiger partial charge in [0.1, 0.15) is 0 Å². The zero-order valence-corrected chi connectivity index (χ0v) is 15.3. The van der Waals surface area contributed by atoms with Gasteiger partial charge in [-0.05, 0) is 42.7 Å². The van der Waals surface area contributed by atoms with Crippen molar-refractivity contribution in [3.63, 3.8) is 0 Å². The van der Waals surface area contributed by atoms with E-state index in [4.69, 9.17) is 0 Å². The van der Waals surface area contributed by atoms with Crippen LogP contribution in [0.25, 0.3) is 0 Å². The molecule has 0 fully saturated rings. The number of rotatable bonds is 5. The SMILES string of the molecule is CCc1sc(C(=O)NNC(=O)Cc2ccc(NC(C)=O)cc2)cc1C. The fourth-order valence-electron chi connectivity index (χ4n) is 2.31. The normalized spacial score (nSPS) is 10.2. The van der Waals surface area contributed by atoms with Gasteiger partial charge in [-0.25, -0.2) is 0 Å². The molecule has 0 aliphatic heterocycles. The molecule has 0 atom stereocenters. The fraction of sp³-hybridized carbons (Fsp3) is 0.278. The highest BCUT2D eigenvalue weighted by molar-refractivity contribution is 7.14. The molecule has 0 spiro atoms. The lowest BCUT2D eigenvalue weighted by atomic mass is 10.1. The van der Waals surface area contributed by atoms with E-state index < -0.39 is 0 Å². The van der Waals surface area contributed by atoms with Crippen LogP contribution in [0.5, 0.6) is 0 Å². The van der Waals surface area contributed by atoms with Crippen LogP contribution in [-0.2, 0) is 22.4 Å². The molecule has 2 aromatic rings. The molecule has 3 N–H and O–H groups in total. The van der Waals surface area contributed by atoms with Crippen LogP contribution in [-0.4, -0.2) is 17.7 Å². The Morgan fingerprint density at radius 1 is 1.08 bits per heavy atom. The Balaban J connectivity index is 1.85. The maximum absolute atomic E-state index is 12.1. The molecule has 0 radical (unpaired) electrons. The number of thiophene rings is 1. The van der Waals surface area contributed by atoms with E-state index in [9.17, 15) is 14.4 Å². The van der Waals surface area contributed by atoms with Crippen LogP contribution in [0.15, 0.2) is 30.3 Å². The Kier molecular flexibility index (Phi) is 6.30. The molecule has 132 valence electrons. The number of carbonyl (C=O) groups excluding carboxylic acids is 3. The van der Waals surface area contributed by atoms with Crippen LogP contribution in [0.1, 0.15) is 39.5 Å². The minimum Gasteiger partial charge on any atom is -0.326 e. The number of amides is 3.